The molecule has 1 N–H and O–H groups in total. The van der Waals surface area contributed by atoms with E-state index < -0.39 is 0 Å². The van der Waals surface area contributed by atoms with Gasteiger partial charge in [-0.3, -0.25) is 0 Å². The molecule has 1 saturated heterocycles. The van der Waals surface area contributed by atoms with E-state index in [0.717, 1.165) is 50.3 Å². The van der Waals surface area contributed by atoms with Gasteiger partial charge in [0.25, 0.3) is 0 Å². The van der Waals surface area contributed by atoms with Crippen molar-refractivity contribution in [2.75, 3.05) is 33.9 Å². The molecule has 1 aromatic carbocycles. The van der Waals surface area contributed by atoms with Crippen LogP contribution in [-0.2, 0) is 11.2 Å². The molecule has 1 aliphatic heterocycles. The van der Waals surface area contributed by atoms with Crippen LogP contribution in [0.2, 0.25) is 0 Å². The molecule has 1 heterocycles. The van der Waals surface area contributed by atoms with E-state index in [4.69, 9.17) is 14.2 Å². The Hall–Kier alpha value is -1.72. The van der Waals surface area contributed by atoms with Crippen LogP contribution in [0.3, 0.4) is 0 Å². The minimum absolute atomic E-state index is 0.152. The highest BCUT2D eigenvalue weighted by Gasteiger charge is 2.28. The highest BCUT2D eigenvalue weighted by Crippen LogP contribution is 2.29. The molecule has 0 radical (unpaired) electrons. The Kier molecular flexibility index (Phi) is 6.21. The summed E-state index contributed by atoms with van der Waals surface area (Å²) in [6.07, 6.45) is 7.28. The summed E-state index contributed by atoms with van der Waals surface area (Å²) in [4.78, 5) is 2.30. The highest BCUT2D eigenvalue weighted by molar-refractivity contribution is 5.42. The lowest BCUT2D eigenvalue weighted by Crippen LogP contribution is -2.33. The van der Waals surface area contributed by atoms with Gasteiger partial charge in [0.05, 0.1) is 33.0 Å². The van der Waals surface area contributed by atoms with E-state index in [9.17, 15) is 5.11 Å². The van der Waals surface area contributed by atoms with Gasteiger partial charge >= 0.3 is 0 Å². The maximum Gasteiger partial charge on any atom is 0.160 e. The first-order valence-electron chi connectivity index (χ1n) is 9.17. The highest BCUT2D eigenvalue weighted by atomic mass is 16.5. The standard InChI is InChI=1S/C20H29NO4/c1-23-19-8-7-15(13-20(19)24-2)10-12-25-18-6-4-3-5-17(18)21-11-9-16(22)14-21/h5,7-8,13,16,18,22H,3-4,6,9-12,14H2,1-2H3/t16-,18-/m1/s1. The van der Waals surface area contributed by atoms with E-state index in [1.807, 2.05) is 12.1 Å². The minimum atomic E-state index is -0.199. The number of nitrogens with zero attached hydrogens (tertiary/aromatic N) is 1. The van der Waals surface area contributed by atoms with Gasteiger partial charge in [-0.15, -0.1) is 0 Å². The van der Waals surface area contributed by atoms with Gasteiger partial charge in [0, 0.05) is 18.8 Å². The molecule has 25 heavy (non-hydrogen) atoms. The van der Waals surface area contributed by atoms with Crippen molar-refractivity contribution >= 4 is 0 Å². The second-order valence-corrected chi connectivity index (χ2v) is 6.75. The Morgan fingerprint density at radius 1 is 1.16 bits per heavy atom. The maximum atomic E-state index is 9.80. The Labute approximate surface area is 150 Å². The number of methoxy groups -OCH3 is 2. The third-order valence-electron chi connectivity index (χ3n) is 5.04. The lowest BCUT2D eigenvalue weighted by Gasteiger charge is -2.32. The van der Waals surface area contributed by atoms with E-state index in [1.54, 1.807) is 14.2 Å². The summed E-state index contributed by atoms with van der Waals surface area (Å²) in [7, 11) is 3.30. The van der Waals surface area contributed by atoms with E-state index in [1.165, 1.54) is 17.7 Å². The number of rotatable bonds is 7. The molecule has 0 bridgehead atoms. The molecule has 3 rings (SSSR count). The fraction of sp³-hybridized carbons (Fsp3) is 0.600. The number of ether oxygens (including phenoxy) is 3. The Balaban J connectivity index is 1.55. The minimum Gasteiger partial charge on any atom is -0.493 e. The molecule has 2 aliphatic rings. The summed E-state index contributed by atoms with van der Waals surface area (Å²) in [5.74, 6) is 1.50. The number of hydrogen-bond acceptors (Lipinski definition) is 5. The van der Waals surface area contributed by atoms with Crippen LogP contribution in [0.5, 0.6) is 11.5 Å². The molecule has 0 saturated carbocycles. The number of likely N-dealkylation sites (tertiary alicyclic amines) is 1. The Bertz CT molecular complexity index is 601. The SMILES string of the molecule is COc1ccc(CCO[C@@H]2CCCC=C2N2CC[C@@H](O)C2)cc1OC. The van der Waals surface area contributed by atoms with E-state index in [2.05, 4.69) is 17.0 Å². The Morgan fingerprint density at radius 2 is 2.00 bits per heavy atom. The first-order valence-corrected chi connectivity index (χ1v) is 9.17. The van der Waals surface area contributed by atoms with Crippen molar-refractivity contribution in [1.82, 2.24) is 4.90 Å². The molecule has 1 aromatic rings. The first kappa shape index (κ1) is 18.1. The molecule has 0 aromatic heterocycles. The fourth-order valence-corrected chi connectivity index (χ4v) is 3.67. The van der Waals surface area contributed by atoms with E-state index in [0.29, 0.717) is 6.61 Å². The van der Waals surface area contributed by atoms with Crippen molar-refractivity contribution in [2.45, 2.75) is 44.3 Å². The van der Waals surface area contributed by atoms with Gasteiger partial charge in [-0.05, 0) is 49.8 Å². The second kappa shape index (κ2) is 8.59. The summed E-state index contributed by atoms with van der Waals surface area (Å²) in [5.41, 5.74) is 2.45. The van der Waals surface area contributed by atoms with Gasteiger partial charge < -0.3 is 24.2 Å². The van der Waals surface area contributed by atoms with Gasteiger partial charge in [0.2, 0.25) is 0 Å². The van der Waals surface area contributed by atoms with Gasteiger partial charge in [0.1, 0.15) is 0 Å². The number of β-amino-alcohol motifs (C(OH)–C–C–N with tert-alkyl or cyclic N) is 1. The second-order valence-electron chi connectivity index (χ2n) is 6.75. The van der Waals surface area contributed by atoms with Crippen LogP contribution in [-0.4, -0.2) is 56.1 Å². The van der Waals surface area contributed by atoms with Crippen molar-refractivity contribution in [3.63, 3.8) is 0 Å². The fourth-order valence-electron chi connectivity index (χ4n) is 3.67. The zero-order chi connectivity index (χ0) is 17.6. The van der Waals surface area contributed by atoms with Crippen molar-refractivity contribution in [3.05, 3.63) is 35.5 Å². The molecule has 1 fully saturated rings. The number of hydrogen-bond donors (Lipinski definition) is 1. The number of aliphatic hydroxyl groups excluding tert-OH is 1. The van der Waals surface area contributed by atoms with Crippen molar-refractivity contribution in [2.24, 2.45) is 0 Å². The molecule has 138 valence electrons. The van der Waals surface area contributed by atoms with E-state index >= 15 is 0 Å². The molecular formula is C20H29NO4. The molecule has 5 nitrogen and oxygen atoms in total. The van der Waals surface area contributed by atoms with Gasteiger partial charge in [-0.25, -0.2) is 0 Å². The zero-order valence-corrected chi connectivity index (χ0v) is 15.2. The summed E-state index contributed by atoms with van der Waals surface area (Å²) in [6, 6.07) is 6.00. The topological polar surface area (TPSA) is 51.2 Å². The first-order chi connectivity index (χ1) is 12.2. The van der Waals surface area contributed by atoms with Crippen LogP contribution in [0.1, 0.15) is 31.2 Å². The van der Waals surface area contributed by atoms with Gasteiger partial charge in [-0.2, -0.15) is 0 Å². The number of allylic oxidation sites excluding steroid dienone is 1. The van der Waals surface area contributed by atoms with Gasteiger partial charge in [0.15, 0.2) is 11.5 Å². The predicted molar refractivity (Wildman–Crippen MR) is 97.1 cm³/mol. The predicted octanol–water partition coefficient (Wildman–Crippen LogP) is 2.77. The summed E-state index contributed by atoms with van der Waals surface area (Å²) in [6.45, 7) is 2.35. The smallest absolute Gasteiger partial charge is 0.160 e. The zero-order valence-electron chi connectivity index (χ0n) is 15.2. The maximum absolute atomic E-state index is 9.80. The van der Waals surface area contributed by atoms with Crippen LogP contribution in [0.4, 0.5) is 0 Å². The largest absolute Gasteiger partial charge is 0.493 e. The van der Waals surface area contributed by atoms with Crippen molar-refractivity contribution in [1.29, 1.82) is 0 Å². The summed E-state index contributed by atoms with van der Waals surface area (Å²) >= 11 is 0. The summed E-state index contributed by atoms with van der Waals surface area (Å²) < 4.78 is 16.9. The average molecular weight is 347 g/mol. The molecule has 5 heteroatoms. The van der Waals surface area contributed by atoms with Crippen LogP contribution < -0.4 is 9.47 Å². The van der Waals surface area contributed by atoms with Crippen LogP contribution in [0.15, 0.2) is 30.0 Å². The lowest BCUT2D eigenvalue weighted by molar-refractivity contribution is 0.0485. The number of benzene rings is 1. The molecule has 0 spiro atoms. The monoisotopic (exact) mass is 347 g/mol. The van der Waals surface area contributed by atoms with Crippen molar-refractivity contribution in [3.8, 4) is 11.5 Å². The third kappa shape index (κ3) is 4.47. The Morgan fingerprint density at radius 3 is 2.72 bits per heavy atom. The van der Waals surface area contributed by atoms with Crippen LogP contribution in [0, 0.1) is 0 Å². The third-order valence-corrected chi connectivity index (χ3v) is 5.04. The van der Waals surface area contributed by atoms with Crippen LogP contribution in [0.25, 0.3) is 0 Å². The van der Waals surface area contributed by atoms with E-state index in [-0.39, 0.29) is 12.2 Å². The van der Waals surface area contributed by atoms with Gasteiger partial charge in [-0.1, -0.05) is 12.1 Å². The molecular weight excluding hydrogens is 318 g/mol. The quantitative estimate of drug-likeness (QED) is 0.822. The molecule has 2 atom stereocenters. The summed E-state index contributed by atoms with van der Waals surface area (Å²) in [5, 5.41) is 9.80. The van der Waals surface area contributed by atoms with Crippen LogP contribution >= 0.6 is 0 Å². The van der Waals surface area contributed by atoms with Crippen molar-refractivity contribution < 1.29 is 19.3 Å². The molecule has 0 amide bonds. The average Bonchev–Trinajstić information content (AvgIpc) is 3.08. The number of aliphatic hydroxyl groups is 1. The molecule has 1 aliphatic carbocycles. The lowest BCUT2D eigenvalue weighted by atomic mass is 10.0. The molecule has 0 unspecified atom stereocenters. The normalized spacial score (nSPS) is 23.5.